The Hall–Kier alpha value is -11.9. The van der Waals surface area contributed by atoms with Gasteiger partial charge in [-0.1, -0.05) is 211 Å². The van der Waals surface area contributed by atoms with E-state index in [1.807, 2.05) is 111 Å². The van der Waals surface area contributed by atoms with Crippen molar-refractivity contribution in [3.8, 4) is 71.0 Å². The molecule has 0 radical (unpaired) electrons. The van der Waals surface area contributed by atoms with Crippen molar-refractivity contribution >= 4 is 57.2 Å². The van der Waals surface area contributed by atoms with Crippen LogP contribution in [0.15, 0.2) is 165 Å². The van der Waals surface area contributed by atoms with E-state index in [0.29, 0.717) is 80.7 Å². The maximum absolute atomic E-state index is 4.60. The van der Waals surface area contributed by atoms with E-state index >= 15 is 0 Å². The van der Waals surface area contributed by atoms with Gasteiger partial charge in [0.2, 0.25) is 0 Å². The molecule has 0 spiro atoms. The number of hydrogen-bond donors (Lipinski definition) is 0. The Morgan fingerprint density at radius 3 is 0.990 bits per heavy atom. The van der Waals surface area contributed by atoms with Gasteiger partial charge in [-0.3, -0.25) is 10.0 Å². The molecule has 0 N–H and O–H groups in total. The first-order chi connectivity index (χ1) is 45.9. The lowest BCUT2D eigenvalue weighted by Crippen LogP contribution is -2.27. The molecule has 0 heterocycles. The largest absolute Gasteiger partial charge is 0.279 e. The molecule has 0 aliphatic heterocycles. The fraction of sp³-hybridized carbons (Fsp3) is 0.267. The van der Waals surface area contributed by atoms with Crippen molar-refractivity contribution in [3.63, 3.8) is 0 Å². The third-order valence-electron chi connectivity index (χ3n) is 15.9. The predicted molar refractivity (Wildman–Crippen MR) is 393 cm³/mol. The van der Waals surface area contributed by atoms with Gasteiger partial charge in [-0.2, -0.15) is 0 Å². The third-order valence-corrected chi connectivity index (χ3v) is 15.9. The average molecular weight is 1240 g/mol. The highest BCUT2D eigenvalue weighted by atomic mass is 15.5. The van der Waals surface area contributed by atoms with Crippen LogP contribution in [0.5, 0.6) is 0 Å². The Morgan fingerprint density at radius 1 is 0.260 bits per heavy atom. The highest BCUT2D eigenvalue weighted by molar-refractivity contribution is 5.64. The molecule has 0 atom stereocenters. The summed E-state index contributed by atoms with van der Waals surface area (Å²) < 4.78 is 0. The number of fused-ring (bicyclic) bond motifs is 8. The van der Waals surface area contributed by atoms with Crippen molar-refractivity contribution in [2.75, 3.05) is 26.2 Å². The van der Waals surface area contributed by atoms with Gasteiger partial charge in [0.1, 0.15) is 0 Å². The van der Waals surface area contributed by atoms with Crippen LogP contribution in [0, 0.1) is 71.0 Å². The first kappa shape index (κ1) is 68.4. The summed E-state index contributed by atoms with van der Waals surface area (Å²) in [7, 11) is 0. The molecule has 0 amide bonds. The van der Waals surface area contributed by atoms with E-state index in [9.17, 15) is 0 Å². The topological polar surface area (TPSA) is 55.9 Å². The molecular weight excluding hydrogens is 1170 g/mol. The fourth-order valence-corrected chi connectivity index (χ4v) is 9.78. The van der Waals surface area contributed by atoms with E-state index in [0.717, 1.165) is 65.4 Å². The molecular formula is C90H76N6. The number of rotatable bonds is 8. The minimum absolute atomic E-state index is 0.131. The van der Waals surface area contributed by atoms with E-state index < -0.39 is 0 Å². The molecule has 0 unspecified atom stereocenters. The maximum atomic E-state index is 4.60. The summed E-state index contributed by atoms with van der Waals surface area (Å²) in [4.78, 5) is 0. The summed E-state index contributed by atoms with van der Waals surface area (Å²) in [5, 5.41) is 27.4. The standard InChI is InChI=1S/C90H76N6/c1-17-95(18-2)93-91-85-55-49-69-37-41-77-57-72-32-26-28-34-74-60-82(88(8,9)10)54-48-68(74)40-44-80-62-84(90(14,15)16)52-46-66(80)30-22-24-36-76-64-86(92-94-96(19-3)20-4)56-50-70(76)38-42-78(72)58-71(77)31-25-27-33-73-59-81(87(5,6)7)53-47-67(73)39-43-79-61-83(89(11,12)13)51-45-65(79)29-21-23-35-75(69)63-85/h45-64H,17-20H2,1-16H3. The van der Waals surface area contributed by atoms with Gasteiger partial charge < -0.3 is 0 Å². The molecule has 96 heavy (non-hydrogen) atoms. The summed E-state index contributed by atoms with van der Waals surface area (Å²) in [6.45, 7) is 37.2. The van der Waals surface area contributed by atoms with Gasteiger partial charge in [-0.25, -0.2) is 0 Å². The minimum atomic E-state index is -0.160. The van der Waals surface area contributed by atoms with Crippen molar-refractivity contribution in [2.45, 2.75) is 132 Å². The summed E-state index contributed by atoms with van der Waals surface area (Å²) in [5.41, 5.74) is 50.7. The van der Waals surface area contributed by atoms with Crippen LogP contribution in [0.2, 0.25) is 0 Å². The molecule has 0 fully saturated rings. The maximum Gasteiger partial charge on any atom is 0.0887 e. The van der Waals surface area contributed by atoms with Crippen molar-refractivity contribution in [2.24, 2.45) is 20.7 Å². The second-order valence-corrected chi connectivity index (χ2v) is 27.1. The lowest BCUT2D eigenvalue weighted by molar-refractivity contribution is 0.300. The zero-order chi connectivity index (χ0) is 68.6. The SMILES string of the molecule is CCN(CC)N=Nc1ccc2c(c1)C#CC#Cc1ccc(C(C)(C)C)cc1C#Cc1ccc(C(C)(C)C)cc1C#CC#Cc1cc3c(cc1C#C2)=C=C=C=C=c1cc(C(C)(C)C)ccc1=C=C=c1cc(C(C)(C)C)ccc1=C=C=C=C=c1cc(N=NN(CC)CC)ccc1=C=C=3. The molecule has 466 valence electrons. The van der Waals surface area contributed by atoms with Crippen molar-refractivity contribution in [1.29, 1.82) is 0 Å². The van der Waals surface area contributed by atoms with Crippen LogP contribution >= 0.6 is 0 Å². The van der Waals surface area contributed by atoms with Crippen LogP contribution < -0.4 is 41.7 Å². The van der Waals surface area contributed by atoms with Gasteiger partial charge in [0, 0.05) is 112 Å². The van der Waals surface area contributed by atoms with Gasteiger partial charge >= 0.3 is 0 Å². The zero-order valence-corrected chi connectivity index (χ0v) is 58.1. The molecule has 2 aliphatic rings. The van der Waals surface area contributed by atoms with Crippen molar-refractivity contribution in [1.82, 2.24) is 10.0 Å². The van der Waals surface area contributed by atoms with Crippen LogP contribution in [0.1, 0.15) is 178 Å². The van der Waals surface area contributed by atoms with Crippen molar-refractivity contribution in [3.05, 3.63) is 253 Å². The highest BCUT2D eigenvalue weighted by Gasteiger charge is 2.18. The van der Waals surface area contributed by atoms with Crippen LogP contribution in [0.4, 0.5) is 11.4 Å². The Morgan fingerprint density at radius 2 is 0.531 bits per heavy atom. The van der Waals surface area contributed by atoms with Gasteiger partial charge in [-0.15, -0.1) is 10.2 Å². The lowest BCUT2D eigenvalue weighted by atomic mass is 9.85. The quantitative estimate of drug-likeness (QED) is 0.0659. The minimum Gasteiger partial charge on any atom is -0.279 e. The first-order valence-corrected chi connectivity index (χ1v) is 32.4. The second kappa shape index (κ2) is 30.2. The molecule has 0 saturated carbocycles. The summed E-state index contributed by atoms with van der Waals surface area (Å²) in [6.07, 6.45) is 0. The van der Waals surface area contributed by atoms with Gasteiger partial charge in [0.05, 0.1) is 11.4 Å². The van der Waals surface area contributed by atoms with Gasteiger partial charge in [0.15, 0.2) is 0 Å². The Balaban J connectivity index is 1.47. The molecule has 0 aromatic heterocycles. The summed E-state index contributed by atoms with van der Waals surface area (Å²) in [5.74, 6) is 40.1. The molecule has 0 bridgehead atoms. The number of hydrogen-bond acceptors (Lipinski definition) is 4. The summed E-state index contributed by atoms with van der Waals surface area (Å²) in [6, 6.07) is 40.2. The first-order valence-electron chi connectivity index (χ1n) is 32.4. The van der Waals surface area contributed by atoms with Crippen LogP contribution in [-0.4, -0.2) is 36.2 Å². The van der Waals surface area contributed by atoms with Crippen LogP contribution in [0.25, 0.3) is 45.8 Å². The monoisotopic (exact) mass is 1240 g/mol. The molecule has 7 aromatic rings. The smallest absolute Gasteiger partial charge is 0.0887 e. The number of nitrogens with zero attached hydrogens (tertiary/aromatic N) is 6. The van der Waals surface area contributed by atoms with Crippen molar-refractivity contribution < 1.29 is 0 Å². The fourth-order valence-electron chi connectivity index (χ4n) is 9.78. The van der Waals surface area contributed by atoms with E-state index in [1.165, 1.54) is 0 Å². The zero-order valence-electron chi connectivity index (χ0n) is 58.1. The molecule has 6 heteroatoms. The van der Waals surface area contributed by atoms with E-state index in [1.54, 1.807) is 0 Å². The highest BCUT2D eigenvalue weighted by Crippen LogP contribution is 2.27. The summed E-state index contributed by atoms with van der Waals surface area (Å²) >= 11 is 0. The number of benzene rings is 7. The average Bonchev–Trinajstić information content (AvgIpc) is 0.904. The molecule has 9 rings (SSSR count). The molecule has 0 saturated heterocycles. The Kier molecular flexibility index (Phi) is 21.5. The van der Waals surface area contributed by atoms with E-state index in [-0.39, 0.29) is 21.7 Å². The lowest BCUT2D eigenvalue weighted by Gasteiger charge is -2.20. The van der Waals surface area contributed by atoms with Gasteiger partial charge in [0.25, 0.3) is 0 Å². The second-order valence-electron chi connectivity index (χ2n) is 27.1. The Bertz CT molecular complexity index is 5770. The van der Waals surface area contributed by atoms with E-state index in [4.69, 9.17) is 0 Å². The van der Waals surface area contributed by atoms with E-state index in [2.05, 4.69) is 292 Å². The normalized spacial score (nSPS) is 11.8. The Labute approximate surface area is 567 Å². The molecule has 2 aliphatic carbocycles. The van der Waals surface area contributed by atoms with Gasteiger partial charge in [-0.05, 0) is 215 Å². The van der Waals surface area contributed by atoms with Crippen LogP contribution in [0.3, 0.4) is 0 Å². The molecule has 7 aromatic carbocycles. The third kappa shape index (κ3) is 18.2. The molecule has 6 nitrogen and oxygen atoms in total. The predicted octanol–water partition coefficient (Wildman–Crippen LogP) is 12.5. The van der Waals surface area contributed by atoms with Crippen LogP contribution in [-0.2, 0) is 21.7 Å².